The first-order valence-corrected chi connectivity index (χ1v) is 13.2. The zero-order valence-corrected chi connectivity index (χ0v) is 19.9. The zero-order valence-electron chi connectivity index (χ0n) is 18.3. The highest BCUT2D eigenvalue weighted by molar-refractivity contribution is 7.85. The molecule has 4 rings (SSSR count). The van der Waals surface area contributed by atoms with Crippen molar-refractivity contribution in [1.29, 1.82) is 0 Å². The molecule has 0 amide bonds. The van der Waals surface area contributed by atoms with Crippen molar-refractivity contribution in [2.45, 2.75) is 0 Å². The molecule has 13 nitrogen and oxygen atoms in total. The van der Waals surface area contributed by atoms with E-state index in [9.17, 15) is 16.8 Å². The molecule has 3 aromatic rings. The number of rotatable bonds is 3. The lowest BCUT2D eigenvalue weighted by atomic mass is 10.2. The van der Waals surface area contributed by atoms with Gasteiger partial charge in [0.2, 0.25) is 0 Å². The Kier molecular flexibility index (Phi) is 8.92. The van der Waals surface area contributed by atoms with Crippen LogP contribution < -0.4 is 14.5 Å². The number of para-hydroxylation sites is 2. The SMILES string of the molecule is COc1ccccc1N1CCN(c2ncnc3nc[nH]c23)CC1.CS(=O)(=O)O.CS(=O)(=O)O. The molecule has 2 aromatic heterocycles. The van der Waals surface area contributed by atoms with Gasteiger partial charge in [-0.05, 0) is 12.1 Å². The highest BCUT2D eigenvalue weighted by Crippen LogP contribution is 2.29. The monoisotopic (exact) mass is 502 g/mol. The minimum absolute atomic E-state index is 0.710. The Morgan fingerprint density at radius 2 is 1.45 bits per heavy atom. The fraction of sp³-hybridized carbons (Fsp3) is 0.389. The summed E-state index contributed by atoms with van der Waals surface area (Å²) in [6.45, 7) is 3.62. The molecule has 1 aromatic carbocycles. The molecule has 0 atom stereocenters. The quantitative estimate of drug-likeness (QED) is 0.427. The van der Waals surface area contributed by atoms with Gasteiger partial charge in [0.1, 0.15) is 17.6 Å². The fourth-order valence-corrected chi connectivity index (χ4v) is 3.04. The molecule has 3 N–H and O–H groups in total. The second-order valence-corrected chi connectivity index (χ2v) is 9.84. The Labute approximate surface area is 191 Å². The predicted octanol–water partition coefficient (Wildman–Crippen LogP) is 0.696. The van der Waals surface area contributed by atoms with Crippen molar-refractivity contribution in [1.82, 2.24) is 19.9 Å². The van der Waals surface area contributed by atoms with Crippen LogP contribution in [-0.4, -0.2) is 91.7 Å². The maximum absolute atomic E-state index is 9.19. The van der Waals surface area contributed by atoms with E-state index in [2.05, 4.69) is 35.8 Å². The van der Waals surface area contributed by atoms with E-state index < -0.39 is 20.2 Å². The molecule has 3 heterocycles. The smallest absolute Gasteiger partial charge is 0.261 e. The van der Waals surface area contributed by atoms with Gasteiger partial charge in [-0.1, -0.05) is 12.1 Å². The minimum Gasteiger partial charge on any atom is -0.495 e. The standard InChI is InChI=1S/C16H18N6O.2CH4O3S/c1-23-13-5-3-2-4-12(13)21-6-8-22(9-7-21)16-14-15(18-10-17-14)19-11-20-16;2*1-5(2,3)4/h2-5,10-11H,6-9H2,1H3,(H,17,18,19,20);2*1H3,(H,2,3,4). The van der Waals surface area contributed by atoms with Crippen molar-refractivity contribution in [3.8, 4) is 5.75 Å². The lowest BCUT2D eigenvalue weighted by Crippen LogP contribution is -2.47. The van der Waals surface area contributed by atoms with Crippen molar-refractivity contribution < 1.29 is 30.7 Å². The molecular weight excluding hydrogens is 476 g/mol. The largest absolute Gasteiger partial charge is 0.495 e. The number of H-pyrrole nitrogens is 1. The van der Waals surface area contributed by atoms with Gasteiger partial charge >= 0.3 is 0 Å². The van der Waals surface area contributed by atoms with Crippen molar-refractivity contribution in [3.05, 3.63) is 36.9 Å². The van der Waals surface area contributed by atoms with Gasteiger partial charge in [-0.25, -0.2) is 15.0 Å². The number of nitrogens with one attached hydrogen (secondary N) is 1. The van der Waals surface area contributed by atoms with E-state index in [-0.39, 0.29) is 0 Å². The van der Waals surface area contributed by atoms with Crippen LogP contribution in [0.1, 0.15) is 0 Å². The lowest BCUT2D eigenvalue weighted by molar-refractivity contribution is 0.413. The zero-order chi connectivity index (χ0) is 24.6. The number of hydrogen-bond donors (Lipinski definition) is 3. The molecule has 0 bridgehead atoms. The summed E-state index contributed by atoms with van der Waals surface area (Å²) >= 11 is 0. The third-order valence-electron chi connectivity index (χ3n) is 4.21. The van der Waals surface area contributed by atoms with Gasteiger partial charge < -0.3 is 19.5 Å². The Hall–Kier alpha value is -3.01. The number of ether oxygens (including phenoxy) is 1. The van der Waals surface area contributed by atoms with Crippen LogP contribution in [0.4, 0.5) is 11.5 Å². The number of aromatic amines is 1. The molecule has 1 saturated heterocycles. The summed E-state index contributed by atoms with van der Waals surface area (Å²) in [5, 5.41) is 0. The van der Waals surface area contributed by atoms with Gasteiger partial charge in [-0.15, -0.1) is 0 Å². The summed E-state index contributed by atoms with van der Waals surface area (Å²) in [7, 11) is -5.62. The summed E-state index contributed by atoms with van der Waals surface area (Å²) in [6.07, 6.45) is 4.67. The predicted molar refractivity (Wildman–Crippen MR) is 124 cm³/mol. The number of benzene rings is 1. The van der Waals surface area contributed by atoms with Gasteiger partial charge in [0, 0.05) is 26.2 Å². The molecule has 15 heteroatoms. The summed E-state index contributed by atoms with van der Waals surface area (Å²) in [4.78, 5) is 20.6. The molecule has 0 saturated carbocycles. The van der Waals surface area contributed by atoms with Crippen LogP contribution in [0.3, 0.4) is 0 Å². The van der Waals surface area contributed by atoms with E-state index in [0.29, 0.717) is 18.2 Å². The second kappa shape index (κ2) is 11.2. The summed E-state index contributed by atoms with van der Waals surface area (Å²) in [6, 6.07) is 8.14. The molecule has 0 unspecified atom stereocenters. The number of methoxy groups -OCH3 is 1. The summed E-state index contributed by atoms with van der Waals surface area (Å²) < 4.78 is 57.2. The van der Waals surface area contributed by atoms with Crippen LogP contribution in [-0.2, 0) is 20.2 Å². The summed E-state index contributed by atoms with van der Waals surface area (Å²) in [5.41, 5.74) is 2.75. The molecule has 33 heavy (non-hydrogen) atoms. The van der Waals surface area contributed by atoms with Crippen LogP contribution in [0.5, 0.6) is 5.75 Å². The van der Waals surface area contributed by atoms with Crippen molar-refractivity contribution in [3.63, 3.8) is 0 Å². The summed E-state index contributed by atoms with van der Waals surface area (Å²) in [5.74, 6) is 1.84. The van der Waals surface area contributed by atoms with Crippen LogP contribution in [0.2, 0.25) is 0 Å². The lowest BCUT2D eigenvalue weighted by Gasteiger charge is -2.37. The average Bonchev–Trinajstić information content (AvgIpc) is 3.20. The fourth-order valence-electron chi connectivity index (χ4n) is 3.04. The van der Waals surface area contributed by atoms with E-state index in [4.69, 9.17) is 13.8 Å². The molecular formula is C18H26N6O7S2. The average molecular weight is 503 g/mol. The first-order valence-electron chi connectivity index (χ1n) is 9.48. The third kappa shape index (κ3) is 9.17. The van der Waals surface area contributed by atoms with E-state index in [0.717, 1.165) is 49.0 Å². The number of aromatic nitrogens is 4. The van der Waals surface area contributed by atoms with Gasteiger partial charge in [0.25, 0.3) is 20.2 Å². The molecule has 1 aliphatic rings. The van der Waals surface area contributed by atoms with E-state index in [1.165, 1.54) is 0 Å². The van der Waals surface area contributed by atoms with Gasteiger partial charge in [0.05, 0.1) is 31.6 Å². The van der Waals surface area contributed by atoms with Gasteiger partial charge in [0.15, 0.2) is 11.5 Å². The van der Waals surface area contributed by atoms with Crippen LogP contribution >= 0.6 is 0 Å². The molecule has 0 spiro atoms. The highest BCUT2D eigenvalue weighted by Gasteiger charge is 2.22. The molecule has 1 aliphatic heterocycles. The molecule has 0 aliphatic carbocycles. The van der Waals surface area contributed by atoms with Crippen LogP contribution in [0, 0.1) is 0 Å². The number of hydrogen-bond acceptors (Lipinski definition) is 10. The van der Waals surface area contributed by atoms with Crippen molar-refractivity contribution >= 4 is 42.9 Å². The minimum atomic E-state index is -3.67. The van der Waals surface area contributed by atoms with Crippen molar-refractivity contribution in [2.75, 3.05) is 55.6 Å². The number of anilines is 2. The number of piperazine rings is 1. The Bertz CT molecular complexity index is 1210. The number of nitrogens with zero attached hydrogens (tertiary/aromatic N) is 5. The van der Waals surface area contributed by atoms with E-state index >= 15 is 0 Å². The highest BCUT2D eigenvalue weighted by atomic mass is 32.2. The first kappa shape index (κ1) is 26.2. The van der Waals surface area contributed by atoms with Gasteiger partial charge in [-0.3, -0.25) is 9.11 Å². The molecule has 182 valence electrons. The maximum atomic E-state index is 9.19. The second-order valence-electron chi connectivity index (χ2n) is 6.91. The normalized spacial score (nSPS) is 14.1. The first-order chi connectivity index (χ1) is 15.4. The molecule has 0 radical (unpaired) electrons. The Morgan fingerprint density at radius 1 is 0.909 bits per heavy atom. The maximum Gasteiger partial charge on any atom is 0.261 e. The Morgan fingerprint density at radius 3 is 2.03 bits per heavy atom. The topological polar surface area (TPSA) is 179 Å². The van der Waals surface area contributed by atoms with Crippen LogP contribution in [0.25, 0.3) is 11.2 Å². The van der Waals surface area contributed by atoms with Crippen LogP contribution in [0.15, 0.2) is 36.9 Å². The molecule has 1 fully saturated rings. The Balaban J connectivity index is 0.000000327. The van der Waals surface area contributed by atoms with Gasteiger partial charge in [-0.2, -0.15) is 16.8 Å². The number of imidazole rings is 1. The van der Waals surface area contributed by atoms with Crippen molar-refractivity contribution in [2.24, 2.45) is 0 Å². The number of fused-ring (bicyclic) bond motifs is 1. The third-order valence-corrected chi connectivity index (χ3v) is 4.21. The van der Waals surface area contributed by atoms with E-state index in [1.54, 1.807) is 19.8 Å². The van der Waals surface area contributed by atoms with E-state index in [1.807, 2.05) is 18.2 Å².